The van der Waals surface area contributed by atoms with Crippen molar-refractivity contribution in [2.24, 2.45) is 9.98 Å². The van der Waals surface area contributed by atoms with Crippen molar-refractivity contribution in [2.45, 2.75) is 27.7 Å². The molecule has 0 fully saturated rings. The average molecular weight is 601 g/mol. The Bertz CT molecular complexity index is 772. The number of carbonyl (C=O) groups excluding carboxylic acids is 2. The molecule has 0 aromatic heterocycles. The second-order valence-corrected chi connectivity index (χ2v) is 4.97. The van der Waals surface area contributed by atoms with Gasteiger partial charge in [0.15, 0.2) is 0 Å². The van der Waals surface area contributed by atoms with E-state index in [2.05, 4.69) is 9.98 Å². The van der Waals surface area contributed by atoms with E-state index in [0.717, 1.165) is 24.6 Å². The van der Waals surface area contributed by atoms with Gasteiger partial charge in [-0.2, -0.15) is 36.4 Å². The fourth-order valence-corrected chi connectivity index (χ4v) is 1.37. The average Bonchev–Trinajstić information content (AvgIpc) is 2.55. The van der Waals surface area contributed by atoms with E-state index in [0.29, 0.717) is 0 Å². The molecule has 10 heteroatoms. The molecule has 30 heavy (non-hydrogen) atoms. The van der Waals surface area contributed by atoms with Crippen molar-refractivity contribution >= 4 is 23.8 Å². The van der Waals surface area contributed by atoms with Crippen LogP contribution in [0.3, 0.4) is 0 Å². The van der Waals surface area contributed by atoms with Crippen molar-refractivity contribution in [3.8, 4) is 0 Å². The van der Waals surface area contributed by atoms with E-state index < -0.39 is 11.9 Å². The number of benzene rings is 2. The van der Waals surface area contributed by atoms with Gasteiger partial charge in [-0.3, -0.25) is 19.2 Å². The van der Waals surface area contributed by atoms with Crippen LogP contribution in [0.15, 0.2) is 70.6 Å². The molecule has 0 bridgehead atoms. The standard InChI is InChI=1S/2C8H8NO.2C2H4O2.2Pd/c2*1-7(10)9-8-5-3-2-4-6-8;2*1-2(3)4;;/h2*2-6H,1H3;2*1H3,(H,3,4);;/q2*-1;;;;. The molecular formula is C20H24N2O6Pd2-2. The summed E-state index contributed by atoms with van der Waals surface area (Å²) in [6.45, 7) is 5.04. The number of hydrogen-bond donors (Lipinski definition) is 2. The summed E-state index contributed by atoms with van der Waals surface area (Å²) < 4.78 is 0. The van der Waals surface area contributed by atoms with Gasteiger partial charge in [-0.25, -0.2) is 9.98 Å². The zero-order valence-electron chi connectivity index (χ0n) is 16.8. The van der Waals surface area contributed by atoms with E-state index >= 15 is 0 Å². The Morgan fingerprint density at radius 1 is 0.667 bits per heavy atom. The first-order chi connectivity index (χ1) is 13.0. The van der Waals surface area contributed by atoms with E-state index in [-0.39, 0.29) is 52.7 Å². The summed E-state index contributed by atoms with van der Waals surface area (Å²) >= 11 is 0. The third-order valence-corrected chi connectivity index (χ3v) is 2.09. The van der Waals surface area contributed by atoms with Crippen molar-refractivity contribution in [3.05, 3.63) is 71.4 Å². The van der Waals surface area contributed by atoms with Crippen molar-refractivity contribution < 1.29 is 70.2 Å². The maximum atomic E-state index is 10.4. The maximum absolute atomic E-state index is 10.4. The first kappa shape index (κ1) is 35.1. The van der Waals surface area contributed by atoms with Crippen LogP contribution in [0.4, 0.5) is 0 Å². The second kappa shape index (κ2) is 22.9. The van der Waals surface area contributed by atoms with Crippen LogP contribution < -0.4 is 10.7 Å². The largest absolute Gasteiger partial charge is 0.481 e. The van der Waals surface area contributed by atoms with Gasteiger partial charge in [-0.15, -0.1) is 24.3 Å². The van der Waals surface area contributed by atoms with Crippen LogP contribution in [0.5, 0.6) is 0 Å². The third-order valence-electron chi connectivity index (χ3n) is 2.09. The number of hydrogen-bond acceptors (Lipinski definition) is 4. The Morgan fingerprint density at radius 2 is 0.933 bits per heavy atom. The summed E-state index contributed by atoms with van der Waals surface area (Å²) in [7, 11) is 0. The first-order valence-corrected chi connectivity index (χ1v) is 7.98. The maximum Gasteiger partial charge on any atom is 0.300 e. The van der Waals surface area contributed by atoms with Gasteiger partial charge in [-0.1, -0.05) is 0 Å². The minimum atomic E-state index is -0.833. The quantitative estimate of drug-likeness (QED) is 0.350. The summed E-state index contributed by atoms with van der Waals surface area (Å²) in [4.78, 5) is 46.3. The number of rotatable bonds is 0. The molecule has 0 saturated carbocycles. The number of carbonyl (C=O) groups is 4. The second-order valence-electron chi connectivity index (χ2n) is 4.97. The third kappa shape index (κ3) is 33.2. The predicted molar refractivity (Wildman–Crippen MR) is 103 cm³/mol. The van der Waals surface area contributed by atoms with Crippen LogP contribution >= 0.6 is 0 Å². The van der Waals surface area contributed by atoms with Gasteiger partial charge < -0.3 is 10.2 Å². The monoisotopic (exact) mass is 600 g/mol. The molecule has 2 N–H and O–H groups in total. The molecule has 0 atom stereocenters. The van der Waals surface area contributed by atoms with Crippen molar-refractivity contribution in [1.82, 2.24) is 0 Å². The zero-order valence-corrected chi connectivity index (χ0v) is 19.9. The van der Waals surface area contributed by atoms with E-state index in [1.54, 1.807) is 24.3 Å². The predicted octanol–water partition coefficient (Wildman–Crippen LogP) is 1.88. The number of carboxylic acids is 2. The number of nitrogens with zero attached hydrogens (tertiary/aromatic N) is 2. The summed E-state index contributed by atoms with van der Waals surface area (Å²) in [5.41, 5.74) is 0. The fourth-order valence-electron chi connectivity index (χ4n) is 1.37. The van der Waals surface area contributed by atoms with Crippen LogP contribution in [-0.2, 0) is 60.0 Å². The molecule has 0 aliphatic heterocycles. The SMILES string of the molecule is CC(=O)N=c1cccc[cH-]1.CC(=O)N=c1cccc[cH-]1.CC(=O)O.CC(=O)O.[Pd].[Pd]. The molecular weight excluding hydrogens is 577 g/mol. The summed E-state index contributed by atoms with van der Waals surface area (Å²) in [6.07, 6.45) is 0. The van der Waals surface area contributed by atoms with Crippen molar-refractivity contribution in [3.63, 3.8) is 0 Å². The van der Waals surface area contributed by atoms with Crippen LogP contribution in [0.2, 0.25) is 0 Å². The normalized spacial score (nSPS) is 7.60. The molecule has 0 spiro atoms. The zero-order chi connectivity index (χ0) is 21.9. The molecule has 0 radical (unpaired) electrons. The van der Waals surface area contributed by atoms with Gasteiger partial charge in [0.25, 0.3) is 11.9 Å². The van der Waals surface area contributed by atoms with Crippen LogP contribution in [0, 0.1) is 0 Å². The van der Waals surface area contributed by atoms with Crippen LogP contribution in [0.25, 0.3) is 0 Å². The van der Waals surface area contributed by atoms with Gasteiger partial charge in [0.1, 0.15) is 0 Å². The van der Waals surface area contributed by atoms with Gasteiger partial charge in [0.2, 0.25) is 11.8 Å². The van der Waals surface area contributed by atoms with Crippen LogP contribution in [-0.4, -0.2) is 34.0 Å². The Balaban J connectivity index is -0.000000160. The Morgan fingerprint density at radius 3 is 1.10 bits per heavy atom. The van der Waals surface area contributed by atoms with Gasteiger partial charge >= 0.3 is 0 Å². The molecule has 0 unspecified atom stereocenters. The number of amides is 2. The molecule has 2 aromatic rings. The van der Waals surface area contributed by atoms with E-state index in [4.69, 9.17) is 19.8 Å². The molecule has 0 aliphatic rings. The smallest absolute Gasteiger partial charge is 0.300 e. The minimum absolute atomic E-state index is 0. The molecule has 0 heterocycles. The number of para-hydroxylation sites is 2. The van der Waals surface area contributed by atoms with Crippen LogP contribution in [0.1, 0.15) is 27.7 Å². The molecule has 0 saturated heterocycles. The molecule has 2 rings (SSSR count). The van der Waals surface area contributed by atoms with E-state index in [1.165, 1.54) is 13.8 Å². The molecule has 0 aliphatic carbocycles. The van der Waals surface area contributed by atoms with E-state index in [1.807, 2.05) is 36.4 Å². The fraction of sp³-hybridized carbons (Fsp3) is 0.200. The first-order valence-electron chi connectivity index (χ1n) is 7.98. The van der Waals surface area contributed by atoms with Gasteiger partial charge in [0.05, 0.1) is 0 Å². The summed E-state index contributed by atoms with van der Waals surface area (Å²) in [5.74, 6) is -1.99. The van der Waals surface area contributed by atoms with Gasteiger partial charge in [0, 0.05) is 68.5 Å². The molecule has 8 nitrogen and oxygen atoms in total. The number of aliphatic carboxylic acids is 2. The minimum Gasteiger partial charge on any atom is -0.481 e. The topological polar surface area (TPSA) is 133 Å². The molecule has 2 aromatic carbocycles. The number of carboxylic acid groups (broad SMARTS) is 2. The van der Waals surface area contributed by atoms with Crippen molar-refractivity contribution in [2.75, 3.05) is 0 Å². The Hall–Kier alpha value is -2.36. The Kier molecular flexibility index (Phi) is 26.8. The summed E-state index contributed by atoms with van der Waals surface area (Å²) in [5, 5.41) is 16.3. The Labute approximate surface area is 202 Å². The summed E-state index contributed by atoms with van der Waals surface area (Å²) in [6, 6.07) is 18.3. The van der Waals surface area contributed by atoms with Crippen molar-refractivity contribution in [1.29, 1.82) is 0 Å². The van der Waals surface area contributed by atoms with Gasteiger partial charge in [-0.05, 0) is 10.7 Å². The molecule has 172 valence electrons. The van der Waals surface area contributed by atoms with E-state index in [9.17, 15) is 9.59 Å². The molecule has 2 amide bonds.